The van der Waals surface area contributed by atoms with E-state index >= 15 is 0 Å². The third-order valence-corrected chi connectivity index (χ3v) is 5.96. The van der Waals surface area contributed by atoms with Gasteiger partial charge >= 0.3 is 5.69 Å². The van der Waals surface area contributed by atoms with Crippen molar-refractivity contribution in [1.82, 2.24) is 13.7 Å². The summed E-state index contributed by atoms with van der Waals surface area (Å²) in [7, 11) is 0. The van der Waals surface area contributed by atoms with Crippen LogP contribution in [0.1, 0.15) is 34.1 Å². The molecule has 0 bridgehead atoms. The zero-order chi connectivity index (χ0) is 26.9. The molecular formula is C25H20ClF2N3O6. The highest BCUT2D eigenvalue weighted by Crippen LogP contribution is 2.23. The van der Waals surface area contributed by atoms with Crippen molar-refractivity contribution in [2.45, 2.75) is 26.5 Å². The van der Waals surface area contributed by atoms with Crippen LogP contribution in [0, 0.1) is 11.6 Å². The maximum absolute atomic E-state index is 13.8. The predicted octanol–water partition coefficient (Wildman–Crippen LogP) is 3.21. The van der Waals surface area contributed by atoms with Gasteiger partial charge in [-0.1, -0.05) is 17.7 Å². The summed E-state index contributed by atoms with van der Waals surface area (Å²) >= 11 is 6.18. The number of ether oxygens (including phenoxy) is 1. The van der Waals surface area contributed by atoms with Crippen LogP contribution in [0.25, 0.3) is 11.0 Å². The normalized spacial score (nSPS) is 11.2. The Morgan fingerprint density at radius 3 is 2.46 bits per heavy atom. The van der Waals surface area contributed by atoms with Crippen molar-refractivity contribution in [2.75, 3.05) is 6.61 Å². The number of hydrogen-bond acceptors (Lipinski definition) is 6. The first-order valence-corrected chi connectivity index (χ1v) is 11.4. The summed E-state index contributed by atoms with van der Waals surface area (Å²) in [6.07, 6.45) is 1.08. The Bertz CT molecular complexity index is 1660. The van der Waals surface area contributed by atoms with Gasteiger partial charge in [-0.15, -0.1) is 0 Å². The fourth-order valence-electron chi connectivity index (χ4n) is 3.85. The van der Waals surface area contributed by atoms with E-state index in [-0.39, 0.29) is 46.9 Å². The van der Waals surface area contributed by atoms with Gasteiger partial charge in [-0.3, -0.25) is 14.4 Å². The van der Waals surface area contributed by atoms with Crippen molar-refractivity contribution in [3.63, 3.8) is 0 Å². The molecule has 0 fully saturated rings. The molecule has 37 heavy (non-hydrogen) atoms. The maximum Gasteiger partial charge on any atom is 0.342 e. The summed E-state index contributed by atoms with van der Waals surface area (Å²) in [5.74, 6) is -2.79. The molecule has 0 spiro atoms. The lowest BCUT2D eigenvalue weighted by molar-refractivity contribution is 0.0874. The van der Waals surface area contributed by atoms with Gasteiger partial charge < -0.3 is 14.4 Å². The first-order chi connectivity index (χ1) is 17.6. The summed E-state index contributed by atoms with van der Waals surface area (Å²) in [5.41, 5.74) is -0.522. The summed E-state index contributed by atoms with van der Waals surface area (Å²) in [6.45, 7) is 0.423. The van der Waals surface area contributed by atoms with Crippen LogP contribution in [-0.2, 0) is 13.2 Å². The standard InChI is InChI=1S/C25H20ClF2N3O6/c1-14(33)30-19-5-2-15(10-20(19)31(25(30)36)22(34)7-9-32)12-29-8-6-21(23(26)24(29)35)37-13-16-3-4-17(27)11-18(16)28/h2-6,8,10-11,32H,7,9,12-13H2,1H3. The monoisotopic (exact) mass is 531 g/mol. The lowest BCUT2D eigenvalue weighted by Crippen LogP contribution is -2.31. The maximum atomic E-state index is 13.8. The molecule has 12 heteroatoms. The number of benzene rings is 2. The molecule has 4 rings (SSSR count). The third-order valence-electron chi connectivity index (χ3n) is 5.62. The highest BCUT2D eigenvalue weighted by molar-refractivity contribution is 6.31. The van der Waals surface area contributed by atoms with Crippen LogP contribution in [0.3, 0.4) is 0 Å². The summed E-state index contributed by atoms with van der Waals surface area (Å²) in [4.78, 5) is 50.1. The Hall–Kier alpha value is -4.09. The molecule has 2 aromatic carbocycles. The van der Waals surface area contributed by atoms with Gasteiger partial charge in [-0.25, -0.2) is 22.7 Å². The van der Waals surface area contributed by atoms with Gasteiger partial charge in [-0.2, -0.15) is 0 Å². The summed E-state index contributed by atoms with van der Waals surface area (Å²) in [6, 6.07) is 9.00. The SMILES string of the molecule is CC(=O)n1c(=O)n(C(=O)CCO)c2cc(Cn3ccc(OCc4ccc(F)cc4F)c(Cl)c3=O)ccc21. The van der Waals surface area contributed by atoms with Gasteiger partial charge in [0.25, 0.3) is 5.56 Å². The molecule has 9 nitrogen and oxygen atoms in total. The molecule has 4 aromatic rings. The van der Waals surface area contributed by atoms with Crippen molar-refractivity contribution in [3.8, 4) is 5.75 Å². The zero-order valence-electron chi connectivity index (χ0n) is 19.4. The number of imidazole rings is 1. The molecule has 0 atom stereocenters. The quantitative estimate of drug-likeness (QED) is 0.392. The number of aromatic nitrogens is 3. The fraction of sp³-hybridized carbons (Fsp3) is 0.200. The number of pyridine rings is 1. The molecule has 192 valence electrons. The van der Waals surface area contributed by atoms with E-state index in [1.807, 2.05) is 0 Å². The van der Waals surface area contributed by atoms with Crippen LogP contribution in [0.15, 0.2) is 58.3 Å². The Kier molecular flexibility index (Phi) is 7.37. The lowest BCUT2D eigenvalue weighted by Gasteiger charge is -2.12. The largest absolute Gasteiger partial charge is 0.487 e. The molecule has 0 aliphatic rings. The molecule has 2 aromatic heterocycles. The third kappa shape index (κ3) is 5.09. The smallest absolute Gasteiger partial charge is 0.342 e. The molecule has 0 saturated heterocycles. The second kappa shape index (κ2) is 10.5. The molecule has 2 heterocycles. The minimum absolute atomic E-state index is 0.00377. The number of hydrogen-bond donors (Lipinski definition) is 1. The van der Waals surface area contributed by atoms with Gasteiger partial charge in [-0.05, 0) is 35.9 Å². The lowest BCUT2D eigenvalue weighted by atomic mass is 10.2. The fourth-order valence-corrected chi connectivity index (χ4v) is 4.08. The van der Waals surface area contributed by atoms with Crippen molar-refractivity contribution >= 4 is 34.4 Å². The number of nitrogens with zero attached hydrogens (tertiary/aromatic N) is 3. The number of aliphatic hydroxyl groups is 1. The zero-order valence-corrected chi connectivity index (χ0v) is 20.2. The van der Waals surface area contributed by atoms with Gasteiger partial charge in [0.2, 0.25) is 11.8 Å². The van der Waals surface area contributed by atoms with Gasteiger partial charge in [0.05, 0.1) is 30.6 Å². The van der Waals surface area contributed by atoms with E-state index in [1.165, 1.54) is 42.0 Å². The number of halogens is 3. The molecule has 0 radical (unpaired) electrons. The first kappa shape index (κ1) is 26.0. The highest BCUT2D eigenvalue weighted by atomic mass is 35.5. The second-order valence-corrected chi connectivity index (χ2v) is 8.49. The van der Waals surface area contributed by atoms with Crippen LogP contribution in [0.2, 0.25) is 5.02 Å². The predicted molar refractivity (Wildman–Crippen MR) is 130 cm³/mol. The van der Waals surface area contributed by atoms with Crippen LogP contribution < -0.4 is 16.0 Å². The topological polar surface area (TPSA) is 113 Å². The Balaban J connectivity index is 1.64. The van der Waals surface area contributed by atoms with Gasteiger partial charge in [0, 0.05) is 24.8 Å². The van der Waals surface area contributed by atoms with E-state index in [2.05, 4.69) is 0 Å². The van der Waals surface area contributed by atoms with Gasteiger partial charge in [0.15, 0.2) is 0 Å². The molecule has 0 saturated carbocycles. The van der Waals surface area contributed by atoms with E-state index in [0.717, 1.165) is 21.3 Å². The van der Waals surface area contributed by atoms with E-state index in [1.54, 1.807) is 6.07 Å². The van der Waals surface area contributed by atoms with Crippen molar-refractivity contribution in [3.05, 3.63) is 97.3 Å². The number of carbonyl (C=O) groups is 2. The molecule has 1 N–H and O–H groups in total. The van der Waals surface area contributed by atoms with Crippen molar-refractivity contribution in [1.29, 1.82) is 0 Å². The average molecular weight is 532 g/mol. The Morgan fingerprint density at radius 1 is 1.03 bits per heavy atom. The van der Waals surface area contributed by atoms with E-state index < -0.39 is 41.3 Å². The average Bonchev–Trinajstić information content (AvgIpc) is 3.14. The van der Waals surface area contributed by atoms with Gasteiger partial charge in [0.1, 0.15) is 29.0 Å². The molecule has 0 aliphatic heterocycles. The minimum atomic E-state index is -0.850. The molecular weight excluding hydrogens is 512 g/mol. The Morgan fingerprint density at radius 2 is 1.78 bits per heavy atom. The van der Waals surface area contributed by atoms with E-state index in [0.29, 0.717) is 5.56 Å². The van der Waals surface area contributed by atoms with Crippen LogP contribution in [-0.4, -0.2) is 37.2 Å². The number of carbonyl (C=O) groups excluding carboxylic acids is 2. The molecule has 0 unspecified atom stereocenters. The van der Waals surface area contributed by atoms with E-state index in [9.17, 15) is 28.0 Å². The summed E-state index contributed by atoms with van der Waals surface area (Å²) in [5, 5.41) is 8.87. The highest BCUT2D eigenvalue weighted by Gasteiger charge is 2.21. The van der Waals surface area contributed by atoms with E-state index in [4.69, 9.17) is 21.4 Å². The minimum Gasteiger partial charge on any atom is -0.487 e. The number of fused-ring (bicyclic) bond motifs is 1. The van der Waals surface area contributed by atoms with Crippen molar-refractivity contribution in [2.24, 2.45) is 0 Å². The molecule has 0 aliphatic carbocycles. The molecule has 0 amide bonds. The van der Waals surface area contributed by atoms with Crippen LogP contribution in [0.4, 0.5) is 8.78 Å². The van der Waals surface area contributed by atoms with Crippen LogP contribution in [0.5, 0.6) is 5.75 Å². The number of rotatable bonds is 7. The van der Waals surface area contributed by atoms with Crippen LogP contribution >= 0.6 is 11.6 Å². The second-order valence-electron chi connectivity index (χ2n) is 8.11. The number of aliphatic hydroxyl groups excluding tert-OH is 1. The Labute approximate surface area is 212 Å². The summed E-state index contributed by atoms with van der Waals surface area (Å²) < 4.78 is 35.3. The first-order valence-electron chi connectivity index (χ1n) is 11.0. The van der Waals surface area contributed by atoms with Crippen molar-refractivity contribution < 1.29 is 28.2 Å².